The lowest BCUT2D eigenvalue weighted by molar-refractivity contribution is -0.270. The summed E-state index contributed by atoms with van der Waals surface area (Å²) >= 11 is 0. The normalized spacial score (nSPS) is 41.3. The third-order valence-electron chi connectivity index (χ3n) is 11.0. The summed E-state index contributed by atoms with van der Waals surface area (Å²) in [6.45, 7) is 9.08. The number of nitrogens with zero attached hydrogens (tertiary/aromatic N) is 1. The van der Waals surface area contributed by atoms with Crippen LogP contribution in [0.25, 0.3) is 0 Å². The first-order valence-electron chi connectivity index (χ1n) is 14.1. The second-order valence-corrected chi connectivity index (χ2v) is 13.4. The summed E-state index contributed by atoms with van der Waals surface area (Å²) in [5, 5.41) is 12.2. The highest BCUT2D eigenvalue weighted by Crippen LogP contribution is 2.81. The molecule has 0 radical (unpaired) electrons. The number of likely N-dealkylation sites (tertiary alicyclic amines) is 1. The number of amides is 1. The van der Waals surface area contributed by atoms with Crippen LogP contribution in [0.1, 0.15) is 76.6 Å². The molecule has 4 aliphatic carbocycles. The molecule has 1 aromatic rings. The van der Waals surface area contributed by atoms with E-state index in [0.29, 0.717) is 37.0 Å². The molecule has 1 aromatic carbocycles. The third-order valence-corrected chi connectivity index (χ3v) is 11.0. The van der Waals surface area contributed by atoms with Crippen LogP contribution in [0.15, 0.2) is 42.5 Å². The molecule has 3 saturated carbocycles. The monoisotopic (exact) mass is 507 g/mol. The van der Waals surface area contributed by atoms with Crippen LogP contribution in [0.5, 0.6) is 0 Å². The Morgan fingerprint density at radius 2 is 1.92 bits per heavy atom. The van der Waals surface area contributed by atoms with Gasteiger partial charge in [0.25, 0.3) is 0 Å². The van der Waals surface area contributed by atoms with Gasteiger partial charge < -0.3 is 19.5 Å². The Labute approximate surface area is 220 Å². The van der Waals surface area contributed by atoms with Gasteiger partial charge in [0.15, 0.2) is 0 Å². The van der Waals surface area contributed by atoms with Gasteiger partial charge in [0.2, 0.25) is 0 Å². The van der Waals surface area contributed by atoms with Gasteiger partial charge in [-0.3, -0.25) is 0 Å². The van der Waals surface area contributed by atoms with Crippen molar-refractivity contribution in [3.63, 3.8) is 0 Å². The van der Waals surface area contributed by atoms with Gasteiger partial charge in [0, 0.05) is 29.3 Å². The Hall–Kier alpha value is -2.34. The standard InChI is InChI=1S/C31H41NO5/c1-20-10-9-15-30-23-14-8-13-22(25(30)33)29(23,16-17-36-26(34)21-11-6-5-7-12-21)18-24-31(20,30)19-32(24)27(35)37-28(2,3)4/h5-8,11-13,20,22-25,33H,9-10,14-19H2,1-4H3/t20?,22-,23-,24-,25-,29-,30-,31+/m0/s1. The average Bonchev–Trinajstić information content (AvgIpc) is 2.91. The number of hydrogen-bond donors (Lipinski definition) is 1. The van der Waals surface area contributed by atoms with E-state index in [1.165, 1.54) is 0 Å². The average molecular weight is 508 g/mol. The highest BCUT2D eigenvalue weighted by atomic mass is 16.6. The van der Waals surface area contributed by atoms with E-state index in [9.17, 15) is 14.7 Å². The van der Waals surface area contributed by atoms with E-state index >= 15 is 0 Å². The summed E-state index contributed by atoms with van der Waals surface area (Å²) in [4.78, 5) is 28.0. The number of hydrogen-bond acceptors (Lipinski definition) is 5. The zero-order chi connectivity index (χ0) is 26.2. The van der Waals surface area contributed by atoms with Crippen molar-refractivity contribution in [1.82, 2.24) is 4.90 Å². The van der Waals surface area contributed by atoms with E-state index in [1.807, 2.05) is 43.9 Å². The van der Waals surface area contributed by atoms with E-state index < -0.39 is 11.7 Å². The number of rotatable bonds is 4. The Bertz CT molecular complexity index is 1110. The Kier molecular flexibility index (Phi) is 5.62. The molecule has 37 heavy (non-hydrogen) atoms. The summed E-state index contributed by atoms with van der Waals surface area (Å²) < 4.78 is 11.6. The predicted octanol–water partition coefficient (Wildman–Crippen LogP) is 5.60. The quantitative estimate of drug-likeness (QED) is 0.424. The molecule has 6 rings (SSSR count). The first kappa shape index (κ1) is 25.0. The number of aliphatic hydroxyl groups is 1. The maximum absolute atomic E-state index is 13.4. The number of allylic oxidation sites excluding steroid dienone is 1. The number of carbonyl (C=O) groups excluding carboxylic acids is 2. The summed E-state index contributed by atoms with van der Waals surface area (Å²) in [6, 6.07) is 9.17. The van der Waals surface area contributed by atoms with Gasteiger partial charge in [-0.1, -0.05) is 43.7 Å². The Morgan fingerprint density at radius 3 is 2.65 bits per heavy atom. The summed E-state index contributed by atoms with van der Waals surface area (Å²) in [7, 11) is 0. The second kappa shape index (κ2) is 8.33. The van der Waals surface area contributed by atoms with Gasteiger partial charge in [-0.2, -0.15) is 0 Å². The second-order valence-electron chi connectivity index (χ2n) is 13.4. The van der Waals surface area contributed by atoms with Crippen LogP contribution in [-0.4, -0.2) is 53.0 Å². The molecular weight excluding hydrogens is 466 g/mol. The van der Waals surface area contributed by atoms with Gasteiger partial charge in [0.05, 0.1) is 18.3 Å². The van der Waals surface area contributed by atoms with Crippen molar-refractivity contribution in [3.05, 3.63) is 48.0 Å². The number of carbonyl (C=O) groups is 2. The van der Waals surface area contributed by atoms with Crippen molar-refractivity contribution in [2.45, 2.75) is 84.0 Å². The van der Waals surface area contributed by atoms with Gasteiger partial charge in [-0.05, 0) is 82.3 Å². The molecule has 6 heteroatoms. The Morgan fingerprint density at radius 1 is 1.16 bits per heavy atom. The van der Waals surface area contributed by atoms with Crippen LogP contribution in [0.4, 0.5) is 4.79 Å². The van der Waals surface area contributed by atoms with Crippen molar-refractivity contribution in [2.75, 3.05) is 13.2 Å². The molecule has 2 spiro atoms. The van der Waals surface area contributed by atoms with Crippen LogP contribution in [0.3, 0.4) is 0 Å². The Balaban J connectivity index is 1.33. The molecule has 5 aliphatic rings. The zero-order valence-corrected chi connectivity index (χ0v) is 22.6. The van der Waals surface area contributed by atoms with Crippen molar-refractivity contribution >= 4 is 12.1 Å². The summed E-state index contributed by atoms with van der Waals surface area (Å²) in [5.74, 6) is 0.490. The van der Waals surface area contributed by atoms with Crippen molar-refractivity contribution < 1.29 is 24.2 Å². The fourth-order valence-corrected chi connectivity index (χ4v) is 9.74. The highest BCUT2D eigenvalue weighted by Gasteiger charge is 2.83. The first-order valence-corrected chi connectivity index (χ1v) is 14.1. The minimum Gasteiger partial charge on any atom is -0.462 e. The molecule has 200 valence electrons. The molecule has 1 saturated heterocycles. The SMILES string of the molecule is CC1CCC[C@@]23[C@@H](O)[C@@H]4C=CC[C@H]2[C@@]4(CCOC(=O)c2ccccc2)C[C@@H]2N(C(=O)OC(C)(C)C)C[C@@]123. The van der Waals surface area contributed by atoms with Crippen LogP contribution in [-0.2, 0) is 9.47 Å². The van der Waals surface area contributed by atoms with Crippen molar-refractivity contribution in [1.29, 1.82) is 0 Å². The molecule has 1 N–H and O–H groups in total. The van der Waals surface area contributed by atoms with Crippen LogP contribution >= 0.6 is 0 Å². The molecule has 4 fully saturated rings. The molecule has 6 nitrogen and oxygen atoms in total. The van der Waals surface area contributed by atoms with E-state index in [1.54, 1.807) is 12.1 Å². The zero-order valence-electron chi connectivity index (χ0n) is 22.6. The molecule has 4 bridgehead atoms. The minimum atomic E-state index is -0.550. The molecule has 1 amide bonds. The predicted molar refractivity (Wildman–Crippen MR) is 140 cm³/mol. The molecule has 1 unspecified atom stereocenters. The van der Waals surface area contributed by atoms with Gasteiger partial charge in [-0.25, -0.2) is 9.59 Å². The molecule has 8 atom stereocenters. The molecule has 0 aromatic heterocycles. The minimum absolute atomic E-state index is 0.0231. The fourth-order valence-electron chi connectivity index (χ4n) is 9.74. The largest absolute Gasteiger partial charge is 0.462 e. The lowest BCUT2D eigenvalue weighted by atomic mass is 9.36. The first-order chi connectivity index (χ1) is 17.6. The third kappa shape index (κ3) is 3.26. The van der Waals surface area contributed by atoms with Crippen LogP contribution in [0.2, 0.25) is 0 Å². The van der Waals surface area contributed by atoms with Crippen molar-refractivity contribution in [2.24, 2.45) is 34.0 Å². The van der Waals surface area contributed by atoms with Gasteiger partial charge in [-0.15, -0.1) is 0 Å². The highest BCUT2D eigenvalue weighted by molar-refractivity contribution is 5.89. The number of benzene rings is 1. The smallest absolute Gasteiger partial charge is 0.410 e. The van der Waals surface area contributed by atoms with E-state index in [-0.39, 0.29) is 40.3 Å². The molecule has 1 heterocycles. The lowest BCUT2D eigenvalue weighted by Crippen LogP contribution is -2.80. The molecule has 1 aliphatic heterocycles. The topological polar surface area (TPSA) is 76.1 Å². The van der Waals surface area contributed by atoms with E-state index in [4.69, 9.17) is 9.47 Å². The lowest BCUT2D eigenvalue weighted by Gasteiger charge is -2.74. The van der Waals surface area contributed by atoms with Gasteiger partial charge in [0.1, 0.15) is 5.60 Å². The van der Waals surface area contributed by atoms with Gasteiger partial charge >= 0.3 is 12.1 Å². The fraction of sp³-hybridized carbons (Fsp3) is 0.677. The summed E-state index contributed by atoms with van der Waals surface area (Å²) in [5.41, 5.74) is -0.495. The number of ether oxygens (including phenoxy) is 2. The van der Waals surface area contributed by atoms with E-state index in [2.05, 4.69) is 19.1 Å². The summed E-state index contributed by atoms with van der Waals surface area (Å²) in [6.07, 6.45) is 9.59. The maximum atomic E-state index is 13.4. The van der Waals surface area contributed by atoms with Crippen molar-refractivity contribution in [3.8, 4) is 0 Å². The number of aliphatic hydroxyl groups excluding tert-OH is 1. The number of esters is 1. The van der Waals surface area contributed by atoms with Crippen LogP contribution in [0, 0.1) is 34.0 Å². The van der Waals surface area contributed by atoms with E-state index in [0.717, 1.165) is 32.1 Å². The molecular formula is C31H41NO5. The maximum Gasteiger partial charge on any atom is 0.410 e. The van der Waals surface area contributed by atoms with Crippen LogP contribution < -0.4 is 0 Å².